The number of rotatable bonds is 5. The number of anilines is 1. The molecule has 1 N–H and O–H groups in total. The van der Waals surface area contributed by atoms with Crippen LogP contribution in [0.3, 0.4) is 0 Å². The Morgan fingerprint density at radius 3 is 2.88 bits per heavy atom. The largest absolute Gasteiger partial charge is 0.411 e. The molecule has 0 aliphatic heterocycles. The number of hydrogen-bond acceptors (Lipinski definition) is 5. The van der Waals surface area contributed by atoms with E-state index in [1.54, 1.807) is 0 Å². The highest BCUT2D eigenvalue weighted by molar-refractivity contribution is 9.10. The van der Waals surface area contributed by atoms with Crippen LogP contribution in [0.2, 0.25) is 5.02 Å². The second kappa shape index (κ2) is 7.99. The van der Waals surface area contributed by atoms with Gasteiger partial charge in [0.1, 0.15) is 5.82 Å². The number of carbonyl (C=O) groups is 1. The molecule has 0 saturated heterocycles. The Labute approximate surface area is 160 Å². The fourth-order valence-corrected chi connectivity index (χ4v) is 3.05. The maximum Gasteiger partial charge on any atom is 0.277 e. The van der Waals surface area contributed by atoms with Gasteiger partial charge >= 0.3 is 0 Å². The first-order chi connectivity index (χ1) is 12.0. The van der Waals surface area contributed by atoms with Crippen molar-refractivity contribution in [2.75, 3.05) is 11.1 Å². The van der Waals surface area contributed by atoms with Gasteiger partial charge in [0.05, 0.1) is 10.8 Å². The molecule has 2 aromatic carbocycles. The van der Waals surface area contributed by atoms with Crippen LogP contribution in [0.15, 0.2) is 56.6 Å². The smallest absolute Gasteiger partial charge is 0.277 e. The lowest BCUT2D eigenvalue weighted by Crippen LogP contribution is -2.14. The Balaban J connectivity index is 1.58. The van der Waals surface area contributed by atoms with Gasteiger partial charge < -0.3 is 9.73 Å². The number of aromatic nitrogens is 2. The van der Waals surface area contributed by atoms with Gasteiger partial charge in [0.15, 0.2) is 0 Å². The van der Waals surface area contributed by atoms with Crippen molar-refractivity contribution in [3.8, 4) is 11.5 Å². The molecule has 3 aromatic rings. The molecule has 25 heavy (non-hydrogen) atoms. The van der Waals surface area contributed by atoms with Crippen LogP contribution in [-0.4, -0.2) is 21.9 Å². The average Bonchev–Trinajstić information content (AvgIpc) is 3.05. The van der Waals surface area contributed by atoms with E-state index in [0.717, 1.165) is 21.8 Å². The molecular weight excluding hydrogens is 433 g/mol. The molecule has 0 aliphatic rings. The Hall–Kier alpha value is -1.90. The third-order valence-corrected chi connectivity index (χ3v) is 4.61. The summed E-state index contributed by atoms with van der Waals surface area (Å²) in [6.07, 6.45) is 0. The van der Waals surface area contributed by atoms with Crippen molar-refractivity contribution >= 4 is 50.9 Å². The second-order valence-electron chi connectivity index (χ2n) is 4.85. The van der Waals surface area contributed by atoms with Crippen molar-refractivity contribution in [2.24, 2.45) is 0 Å². The SMILES string of the molecule is O=C(CSc1nnc(-c2cccc(Br)c2)o1)Nc1ccc(F)c(Cl)c1. The lowest BCUT2D eigenvalue weighted by Gasteiger charge is -2.04. The standard InChI is InChI=1S/C16H10BrClFN3O2S/c17-10-3-1-2-9(6-10)15-21-22-16(24-15)25-8-14(23)20-11-4-5-13(19)12(18)7-11/h1-7H,8H2,(H,20,23). The van der Waals surface area contributed by atoms with Gasteiger partial charge in [-0.1, -0.05) is 45.4 Å². The minimum atomic E-state index is -0.542. The van der Waals surface area contributed by atoms with Gasteiger partial charge in [-0.3, -0.25) is 4.79 Å². The van der Waals surface area contributed by atoms with Crippen molar-refractivity contribution < 1.29 is 13.6 Å². The summed E-state index contributed by atoms with van der Waals surface area (Å²) in [6.45, 7) is 0. The molecule has 0 bridgehead atoms. The average molecular weight is 443 g/mol. The minimum Gasteiger partial charge on any atom is -0.411 e. The van der Waals surface area contributed by atoms with Gasteiger partial charge in [-0.2, -0.15) is 0 Å². The molecule has 1 heterocycles. The van der Waals surface area contributed by atoms with E-state index < -0.39 is 5.82 Å². The van der Waals surface area contributed by atoms with E-state index >= 15 is 0 Å². The van der Waals surface area contributed by atoms with Gasteiger partial charge in [-0.25, -0.2) is 4.39 Å². The van der Waals surface area contributed by atoms with Gasteiger partial charge in [0.25, 0.3) is 5.22 Å². The Bertz CT molecular complexity index is 922. The number of hydrogen-bond donors (Lipinski definition) is 1. The molecule has 1 aromatic heterocycles. The molecule has 0 saturated carbocycles. The molecule has 0 unspecified atom stereocenters. The zero-order chi connectivity index (χ0) is 17.8. The summed E-state index contributed by atoms with van der Waals surface area (Å²) in [4.78, 5) is 11.9. The van der Waals surface area contributed by atoms with Crippen LogP contribution in [0, 0.1) is 5.82 Å². The lowest BCUT2D eigenvalue weighted by atomic mass is 10.2. The molecule has 0 fully saturated rings. The van der Waals surface area contributed by atoms with Crippen LogP contribution >= 0.6 is 39.3 Å². The fourth-order valence-electron chi connectivity index (χ4n) is 1.90. The van der Waals surface area contributed by atoms with E-state index in [1.807, 2.05) is 24.3 Å². The third-order valence-electron chi connectivity index (χ3n) is 3.01. The maximum atomic E-state index is 13.1. The summed E-state index contributed by atoms with van der Waals surface area (Å²) in [6, 6.07) is 11.4. The van der Waals surface area contributed by atoms with Crippen molar-refractivity contribution in [3.63, 3.8) is 0 Å². The van der Waals surface area contributed by atoms with Crippen molar-refractivity contribution in [3.05, 3.63) is 57.8 Å². The third kappa shape index (κ3) is 4.81. The van der Waals surface area contributed by atoms with Gasteiger partial charge in [0, 0.05) is 15.7 Å². The van der Waals surface area contributed by atoms with Gasteiger partial charge in [-0.05, 0) is 36.4 Å². The van der Waals surface area contributed by atoms with Gasteiger partial charge in [-0.15, -0.1) is 10.2 Å². The molecule has 0 radical (unpaired) electrons. The number of nitrogens with zero attached hydrogens (tertiary/aromatic N) is 2. The molecule has 0 spiro atoms. The first-order valence-corrected chi connectivity index (χ1v) is 9.14. The van der Waals surface area contributed by atoms with E-state index in [4.69, 9.17) is 16.0 Å². The first kappa shape index (κ1) is 17.9. The van der Waals surface area contributed by atoms with E-state index in [1.165, 1.54) is 18.2 Å². The second-order valence-corrected chi connectivity index (χ2v) is 7.10. The fraction of sp³-hybridized carbons (Fsp3) is 0.0625. The number of halogens is 3. The Kier molecular flexibility index (Phi) is 5.72. The normalized spacial score (nSPS) is 10.7. The molecule has 0 atom stereocenters. The van der Waals surface area contributed by atoms with Crippen LogP contribution in [0.1, 0.15) is 0 Å². The van der Waals surface area contributed by atoms with Crippen molar-refractivity contribution in [2.45, 2.75) is 5.22 Å². The molecular formula is C16H10BrClFN3O2S. The van der Waals surface area contributed by atoms with E-state index in [0.29, 0.717) is 11.6 Å². The molecule has 1 amide bonds. The minimum absolute atomic E-state index is 0.0546. The number of thioether (sulfide) groups is 1. The van der Waals surface area contributed by atoms with E-state index in [2.05, 4.69) is 31.4 Å². The predicted molar refractivity (Wildman–Crippen MR) is 98.2 cm³/mol. The number of nitrogens with one attached hydrogen (secondary N) is 1. The highest BCUT2D eigenvalue weighted by Gasteiger charge is 2.12. The van der Waals surface area contributed by atoms with E-state index in [-0.39, 0.29) is 21.9 Å². The topological polar surface area (TPSA) is 68.0 Å². The van der Waals surface area contributed by atoms with Crippen LogP contribution in [0.4, 0.5) is 10.1 Å². The summed E-state index contributed by atoms with van der Waals surface area (Å²) in [7, 11) is 0. The van der Waals surface area contributed by atoms with Crippen LogP contribution in [0.25, 0.3) is 11.5 Å². The maximum absolute atomic E-state index is 13.1. The number of carbonyl (C=O) groups excluding carboxylic acids is 1. The van der Waals surface area contributed by atoms with Crippen molar-refractivity contribution in [1.82, 2.24) is 10.2 Å². The summed E-state index contributed by atoms with van der Waals surface area (Å²) in [5.41, 5.74) is 1.19. The first-order valence-electron chi connectivity index (χ1n) is 6.98. The zero-order valence-corrected chi connectivity index (χ0v) is 15.7. The monoisotopic (exact) mass is 441 g/mol. The zero-order valence-electron chi connectivity index (χ0n) is 12.5. The highest BCUT2D eigenvalue weighted by atomic mass is 79.9. The molecule has 3 rings (SSSR count). The summed E-state index contributed by atoms with van der Waals surface area (Å²) in [5, 5.41) is 10.7. The Morgan fingerprint density at radius 2 is 2.12 bits per heavy atom. The van der Waals surface area contributed by atoms with E-state index in [9.17, 15) is 9.18 Å². The number of benzene rings is 2. The molecule has 128 valence electrons. The number of amides is 1. The van der Waals surface area contributed by atoms with Crippen molar-refractivity contribution in [1.29, 1.82) is 0 Å². The quantitative estimate of drug-likeness (QED) is 0.562. The molecule has 9 heteroatoms. The lowest BCUT2D eigenvalue weighted by molar-refractivity contribution is -0.113. The summed E-state index contributed by atoms with van der Waals surface area (Å²) < 4.78 is 19.5. The summed E-state index contributed by atoms with van der Waals surface area (Å²) >= 11 is 10.2. The van der Waals surface area contributed by atoms with Crippen LogP contribution in [-0.2, 0) is 4.79 Å². The Morgan fingerprint density at radius 1 is 1.28 bits per heavy atom. The van der Waals surface area contributed by atoms with Gasteiger partial charge in [0.2, 0.25) is 11.8 Å². The van der Waals surface area contributed by atoms with Crippen LogP contribution in [0.5, 0.6) is 0 Å². The predicted octanol–water partition coefficient (Wildman–Crippen LogP) is 5.02. The highest BCUT2D eigenvalue weighted by Crippen LogP contribution is 2.25. The van der Waals surface area contributed by atoms with Crippen LogP contribution < -0.4 is 5.32 Å². The summed E-state index contributed by atoms with van der Waals surface area (Å²) in [5.74, 6) is -0.404. The molecule has 5 nitrogen and oxygen atoms in total. The molecule has 0 aliphatic carbocycles.